The number of benzene rings is 1. The Morgan fingerprint density at radius 2 is 1.97 bits per heavy atom. The quantitative estimate of drug-likeness (QED) is 0.621. The zero-order chi connectivity index (χ0) is 23.0. The Kier molecular flexibility index (Phi) is 6.16. The fourth-order valence-electron chi connectivity index (χ4n) is 5.38. The van der Waals surface area contributed by atoms with Crippen LogP contribution in [0.5, 0.6) is 0 Å². The van der Waals surface area contributed by atoms with Gasteiger partial charge in [0.1, 0.15) is 5.54 Å². The fraction of sp³-hybridized carbons (Fsp3) is 0.625. The summed E-state index contributed by atoms with van der Waals surface area (Å²) in [5, 5.41) is 16.3. The van der Waals surface area contributed by atoms with E-state index >= 15 is 0 Å². The van der Waals surface area contributed by atoms with Crippen LogP contribution in [0.25, 0.3) is 0 Å². The highest BCUT2D eigenvalue weighted by Crippen LogP contribution is 2.37. The summed E-state index contributed by atoms with van der Waals surface area (Å²) >= 11 is 0. The first-order valence-corrected chi connectivity index (χ1v) is 11.7. The number of rotatable bonds is 3. The molecule has 0 radical (unpaired) electrons. The van der Waals surface area contributed by atoms with Gasteiger partial charge in [-0.25, -0.2) is 14.5 Å². The van der Waals surface area contributed by atoms with Crippen LogP contribution in [0.2, 0.25) is 0 Å². The molecule has 4 unspecified atom stereocenters. The van der Waals surface area contributed by atoms with Crippen LogP contribution in [0.4, 0.5) is 21.0 Å². The van der Waals surface area contributed by atoms with E-state index in [0.717, 1.165) is 43.4 Å². The van der Waals surface area contributed by atoms with Gasteiger partial charge in [-0.15, -0.1) is 0 Å². The maximum absolute atomic E-state index is 13.2. The third-order valence-corrected chi connectivity index (χ3v) is 7.14. The van der Waals surface area contributed by atoms with E-state index in [9.17, 15) is 19.5 Å². The predicted octanol–water partition coefficient (Wildman–Crippen LogP) is 3.70. The monoisotopic (exact) mass is 442 g/mol. The standard InChI is InChI=1S/C24H34N4O4/c1-15-10-11-20(29)18(13-15)19-9-4-5-12-27(19)22(31)25-16-7-6-8-17(14-16)28-21(30)24(2,3)26-23(28)32/h6-8,14-15,18-20,29H,4-5,9-13H2,1-3H3,(H,25,31)(H,26,32). The van der Waals surface area contributed by atoms with E-state index < -0.39 is 11.6 Å². The second-order valence-electron chi connectivity index (χ2n) is 10.1. The Labute approximate surface area is 189 Å². The molecule has 1 saturated carbocycles. The number of aliphatic hydroxyl groups excluding tert-OH is 1. The van der Waals surface area contributed by atoms with Gasteiger partial charge in [0.05, 0.1) is 11.8 Å². The van der Waals surface area contributed by atoms with Gasteiger partial charge in [0.15, 0.2) is 0 Å². The van der Waals surface area contributed by atoms with E-state index in [2.05, 4.69) is 17.6 Å². The molecule has 1 aromatic carbocycles. The topological polar surface area (TPSA) is 102 Å². The number of hydrogen-bond acceptors (Lipinski definition) is 4. The van der Waals surface area contributed by atoms with E-state index in [1.807, 2.05) is 4.90 Å². The zero-order valence-electron chi connectivity index (χ0n) is 19.1. The average Bonchev–Trinajstić information content (AvgIpc) is 2.96. The van der Waals surface area contributed by atoms with Crippen LogP contribution >= 0.6 is 0 Å². The van der Waals surface area contributed by atoms with E-state index in [1.165, 1.54) is 0 Å². The molecule has 1 aliphatic carbocycles. The molecular formula is C24H34N4O4. The molecular weight excluding hydrogens is 408 g/mol. The number of amides is 5. The van der Waals surface area contributed by atoms with Gasteiger partial charge in [-0.1, -0.05) is 13.0 Å². The van der Waals surface area contributed by atoms with Crippen LogP contribution in [0, 0.1) is 11.8 Å². The van der Waals surface area contributed by atoms with Gasteiger partial charge in [-0.05, 0) is 76.5 Å². The van der Waals surface area contributed by atoms with E-state index in [4.69, 9.17) is 0 Å². The van der Waals surface area contributed by atoms with Crippen molar-refractivity contribution < 1.29 is 19.5 Å². The molecule has 0 aromatic heterocycles. The second kappa shape index (κ2) is 8.73. The lowest BCUT2D eigenvalue weighted by Gasteiger charge is -2.44. The van der Waals surface area contributed by atoms with Crippen molar-refractivity contribution in [1.29, 1.82) is 0 Å². The molecule has 1 aromatic rings. The number of hydrogen-bond donors (Lipinski definition) is 3. The Morgan fingerprint density at radius 1 is 1.19 bits per heavy atom. The molecule has 2 aliphatic heterocycles. The first kappa shape index (κ1) is 22.6. The van der Waals surface area contributed by atoms with Crippen molar-refractivity contribution in [2.45, 2.75) is 77.0 Å². The summed E-state index contributed by atoms with van der Waals surface area (Å²) in [7, 11) is 0. The van der Waals surface area contributed by atoms with Crippen molar-refractivity contribution in [1.82, 2.24) is 10.2 Å². The zero-order valence-corrected chi connectivity index (χ0v) is 19.1. The molecule has 3 fully saturated rings. The largest absolute Gasteiger partial charge is 0.393 e. The predicted molar refractivity (Wildman–Crippen MR) is 122 cm³/mol. The Balaban J connectivity index is 1.50. The fourth-order valence-corrected chi connectivity index (χ4v) is 5.38. The van der Waals surface area contributed by atoms with Gasteiger partial charge in [0.25, 0.3) is 5.91 Å². The second-order valence-corrected chi connectivity index (χ2v) is 10.1. The summed E-state index contributed by atoms with van der Waals surface area (Å²) < 4.78 is 0. The van der Waals surface area contributed by atoms with E-state index in [-0.39, 0.29) is 30.0 Å². The lowest BCUT2D eigenvalue weighted by molar-refractivity contribution is -0.121. The third-order valence-electron chi connectivity index (χ3n) is 7.14. The molecule has 5 amide bonds. The van der Waals surface area contributed by atoms with E-state index in [0.29, 0.717) is 23.8 Å². The summed E-state index contributed by atoms with van der Waals surface area (Å²) in [6, 6.07) is 6.15. The summed E-state index contributed by atoms with van der Waals surface area (Å²) in [6.45, 7) is 6.20. The van der Waals surface area contributed by atoms with Crippen LogP contribution in [0.1, 0.15) is 59.3 Å². The number of nitrogens with zero attached hydrogens (tertiary/aromatic N) is 2. The molecule has 174 valence electrons. The molecule has 32 heavy (non-hydrogen) atoms. The lowest BCUT2D eigenvalue weighted by atomic mass is 9.74. The van der Waals surface area contributed by atoms with Crippen molar-refractivity contribution in [2.24, 2.45) is 11.8 Å². The summed E-state index contributed by atoms with van der Waals surface area (Å²) in [4.78, 5) is 41.2. The maximum atomic E-state index is 13.2. The first-order valence-electron chi connectivity index (χ1n) is 11.7. The van der Waals surface area contributed by atoms with Crippen molar-refractivity contribution in [2.75, 3.05) is 16.8 Å². The Morgan fingerprint density at radius 3 is 2.69 bits per heavy atom. The highest BCUT2D eigenvalue weighted by Gasteiger charge is 2.45. The van der Waals surface area contributed by atoms with Gasteiger partial charge >= 0.3 is 12.1 Å². The highest BCUT2D eigenvalue weighted by molar-refractivity contribution is 6.23. The number of urea groups is 2. The molecule has 4 rings (SSSR count). The molecule has 4 atom stereocenters. The lowest BCUT2D eigenvalue weighted by Crippen LogP contribution is -2.53. The molecule has 8 heteroatoms. The molecule has 2 saturated heterocycles. The smallest absolute Gasteiger partial charge is 0.329 e. The number of anilines is 2. The normalized spacial score (nSPS) is 30.2. The number of likely N-dealkylation sites (tertiary alicyclic amines) is 1. The molecule has 0 bridgehead atoms. The number of nitrogens with one attached hydrogen (secondary N) is 2. The number of piperidine rings is 1. The van der Waals surface area contributed by atoms with Gasteiger partial charge in [0.2, 0.25) is 0 Å². The summed E-state index contributed by atoms with van der Waals surface area (Å²) in [6.07, 6.45) is 5.30. The molecule has 8 nitrogen and oxygen atoms in total. The average molecular weight is 443 g/mol. The van der Waals surface area contributed by atoms with Crippen LogP contribution in [-0.2, 0) is 4.79 Å². The highest BCUT2D eigenvalue weighted by atomic mass is 16.3. The molecule has 3 aliphatic rings. The van der Waals surface area contributed by atoms with Crippen LogP contribution in [0.15, 0.2) is 24.3 Å². The number of carbonyl (C=O) groups is 3. The minimum absolute atomic E-state index is 0.0245. The first-order chi connectivity index (χ1) is 15.2. The number of aliphatic hydroxyl groups is 1. The van der Waals surface area contributed by atoms with E-state index in [1.54, 1.807) is 38.1 Å². The van der Waals surface area contributed by atoms with Crippen LogP contribution in [-0.4, -0.2) is 52.2 Å². The summed E-state index contributed by atoms with van der Waals surface area (Å²) in [5.74, 6) is 0.326. The Bertz CT molecular complexity index is 902. The number of imide groups is 1. The third kappa shape index (κ3) is 4.33. The molecule has 3 N–H and O–H groups in total. The van der Waals surface area contributed by atoms with Gasteiger partial charge in [-0.2, -0.15) is 0 Å². The van der Waals surface area contributed by atoms with Crippen molar-refractivity contribution in [3.63, 3.8) is 0 Å². The maximum Gasteiger partial charge on any atom is 0.329 e. The van der Waals surface area contributed by atoms with Crippen LogP contribution < -0.4 is 15.5 Å². The minimum Gasteiger partial charge on any atom is -0.393 e. The van der Waals surface area contributed by atoms with Crippen molar-refractivity contribution in [3.05, 3.63) is 24.3 Å². The Hall–Kier alpha value is -2.61. The van der Waals surface area contributed by atoms with Crippen molar-refractivity contribution in [3.8, 4) is 0 Å². The van der Waals surface area contributed by atoms with Gasteiger partial charge < -0.3 is 20.6 Å². The molecule has 2 heterocycles. The SMILES string of the molecule is CC1CCC(O)C(C2CCCCN2C(=O)Nc2cccc(N3C(=O)NC(C)(C)C3=O)c2)C1. The number of carbonyl (C=O) groups excluding carboxylic acids is 3. The minimum atomic E-state index is -0.963. The van der Waals surface area contributed by atoms with Crippen LogP contribution in [0.3, 0.4) is 0 Å². The summed E-state index contributed by atoms with van der Waals surface area (Å²) in [5.41, 5.74) is -0.0164. The molecule has 0 spiro atoms. The van der Waals surface area contributed by atoms with Gasteiger partial charge in [0, 0.05) is 24.2 Å². The van der Waals surface area contributed by atoms with Crippen molar-refractivity contribution >= 4 is 29.3 Å². The van der Waals surface area contributed by atoms with Gasteiger partial charge in [-0.3, -0.25) is 4.79 Å².